The summed E-state index contributed by atoms with van der Waals surface area (Å²) in [5.41, 5.74) is 2.35. The van der Waals surface area contributed by atoms with Crippen molar-refractivity contribution < 1.29 is 9.18 Å². The van der Waals surface area contributed by atoms with Crippen LogP contribution < -0.4 is 5.69 Å². The Balaban J connectivity index is 1.46. The highest BCUT2D eigenvalue weighted by Crippen LogP contribution is 2.27. The number of hydrogen-bond donors (Lipinski definition) is 1. The molecule has 7 heteroatoms. The molecule has 29 heavy (non-hydrogen) atoms. The minimum Gasteiger partial charge on any atom is -0.339 e. The van der Waals surface area contributed by atoms with Gasteiger partial charge in [0.2, 0.25) is 0 Å². The molecule has 6 nitrogen and oxygen atoms in total. The van der Waals surface area contributed by atoms with Crippen molar-refractivity contribution in [1.29, 1.82) is 0 Å². The molecule has 0 atom stereocenters. The Labute approximate surface area is 168 Å². The van der Waals surface area contributed by atoms with Crippen LogP contribution in [0.5, 0.6) is 0 Å². The highest BCUT2D eigenvalue weighted by atomic mass is 19.1. The second-order valence-electron chi connectivity index (χ2n) is 7.54. The van der Waals surface area contributed by atoms with Crippen LogP contribution in [0.4, 0.5) is 4.39 Å². The molecule has 0 spiro atoms. The van der Waals surface area contributed by atoms with Gasteiger partial charge in [-0.2, -0.15) is 5.10 Å². The van der Waals surface area contributed by atoms with Crippen molar-refractivity contribution >= 4 is 5.91 Å². The maximum absolute atomic E-state index is 13.4. The Hall–Kier alpha value is -3.22. The van der Waals surface area contributed by atoms with Crippen molar-refractivity contribution in [2.45, 2.75) is 32.2 Å². The van der Waals surface area contributed by atoms with Gasteiger partial charge in [-0.15, -0.1) is 0 Å². The van der Waals surface area contributed by atoms with E-state index in [2.05, 4.69) is 10.2 Å². The minimum absolute atomic E-state index is 0.0935. The van der Waals surface area contributed by atoms with Crippen LogP contribution in [0.1, 0.15) is 46.1 Å². The van der Waals surface area contributed by atoms with Gasteiger partial charge in [-0.25, -0.2) is 14.3 Å². The smallest absolute Gasteiger partial charge is 0.339 e. The highest BCUT2D eigenvalue weighted by molar-refractivity contribution is 5.94. The summed E-state index contributed by atoms with van der Waals surface area (Å²) >= 11 is 0. The lowest BCUT2D eigenvalue weighted by molar-refractivity contribution is 0.0710. The normalized spacial score (nSPS) is 14.9. The number of hydrogen-bond acceptors (Lipinski definition) is 3. The molecule has 1 saturated heterocycles. The van der Waals surface area contributed by atoms with E-state index in [-0.39, 0.29) is 17.5 Å². The Kier molecular flexibility index (Phi) is 5.29. The summed E-state index contributed by atoms with van der Waals surface area (Å²) in [5.74, 6) is 0.244. The molecule has 2 aromatic carbocycles. The summed E-state index contributed by atoms with van der Waals surface area (Å²) in [6.45, 7) is 3.59. The molecule has 0 aliphatic carbocycles. The van der Waals surface area contributed by atoms with Crippen molar-refractivity contribution in [3.63, 3.8) is 0 Å². The fraction of sp³-hybridized carbons (Fsp3) is 0.318. The van der Waals surface area contributed by atoms with Gasteiger partial charge in [0.15, 0.2) is 0 Å². The quantitative estimate of drug-likeness (QED) is 0.739. The SMILES string of the molecule is Cc1ccc(Cn2c(C3CCN(C(=O)c4cccc(F)c4)CC3)n[nH]c2=O)cc1. The first-order valence-electron chi connectivity index (χ1n) is 9.77. The lowest BCUT2D eigenvalue weighted by Gasteiger charge is -2.31. The molecule has 1 aromatic heterocycles. The monoisotopic (exact) mass is 394 g/mol. The third kappa shape index (κ3) is 4.13. The number of nitrogens with zero attached hydrogens (tertiary/aromatic N) is 3. The van der Waals surface area contributed by atoms with E-state index in [1.807, 2.05) is 31.2 Å². The zero-order chi connectivity index (χ0) is 20.4. The summed E-state index contributed by atoms with van der Waals surface area (Å²) in [6, 6.07) is 13.8. The first-order chi connectivity index (χ1) is 14.0. The van der Waals surface area contributed by atoms with E-state index in [4.69, 9.17) is 0 Å². The molecule has 1 fully saturated rings. The van der Waals surface area contributed by atoms with E-state index in [1.54, 1.807) is 21.6 Å². The summed E-state index contributed by atoms with van der Waals surface area (Å²) in [6.07, 6.45) is 1.42. The number of H-pyrrole nitrogens is 1. The van der Waals surface area contributed by atoms with Gasteiger partial charge in [0.1, 0.15) is 11.6 Å². The number of nitrogens with one attached hydrogen (secondary N) is 1. The Morgan fingerprint density at radius 2 is 1.90 bits per heavy atom. The second-order valence-corrected chi connectivity index (χ2v) is 7.54. The van der Waals surface area contributed by atoms with Crippen LogP contribution in [0, 0.1) is 12.7 Å². The van der Waals surface area contributed by atoms with Crippen molar-refractivity contribution in [3.05, 3.63) is 87.3 Å². The molecule has 0 unspecified atom stereocenters. The molecule has 3 aromatic rings. The Morgan fingerprint density at radius 3 is 2.59 bits per heavy atom. The Morgan fingerprint density at radius 1 is 1.17 bits per heavy atom. The van der Waals surface area contributed by atoms with E-state index in [0.29, 0.717) is 38.0 Å². The van der Waals surface area contributed by atoms with E-state index < -0.39 is 5.82 Å². The molecular weight excluding hydrogens is 371 g/mol. The van der Waals surface area contributed by atoms with E-state index in [1.165, 1.54) is 17.7 Å². The molecule has 1 aliphatic heterocycles. The minimum atomic E-state index is -0.414. The van der Waals surface area contributed by atoms with Crippen molar-refractivity contribution in [1.82, 2.24) is 19.7 Å². The number of carbonyl (C=O) groups is 1. The van der Waals surface area contributed by atoms with E-state index in [9.17, 15) is 14.0 Å². The summed E-state index contributed by atoms with van der Waals surface area (Å²) < 4.78 is 15.1. The van der Waals surface area contributed by atoms with Gasteiger partial charge in [-0.05, 0) is 43.5 Å². The summed E-state index contributed by atoms with van der Waals surface area (Å²) in [5, 5.41) is 6.83. The molecule has 150 valence electrons. The maximum Gasteiger partial charge on any atom is 0.343 e. The standard InChI is InChI=1S/C22H23FN4O2/c1-15-5-7-16(8-6-15)14-27-20(24-25-22(27)29)17-9-11-26(12-10-17)21(28)18-3-2-4-19(23)13-18/h2-8,13,17H,9-12,14H2,1H3,(H,25,29). The number of benzene rings is 2. The lowest BCUT2D eigenvalue weighted by atomic mass is 9.95. The van der Waals surface area contributed by atoms with Crippen LogP contribution in [0.3, 0.4) is 0 Å². The molecule has 0 saturated carbocycles. The number of aromatic amines is 1. The number of piperidine rings is 1. The first kappa shape index (κ1) is 19.1. The molecule has 4 rings (SSSR count). The van der Waals surface area contributed by atoms with Crippen molar-refractivity contribution in [3.8, 4) is 0 Å². The van der Waals surface area contributed by atoms with Crippen LogP contribution in [-0.2, 0) is 6.54 Å². The third-order valence-electron chi connectivity index (χ3n) is 5.47. The highest BCUT2D eigenvalue weighted by Gasteiger charge is 2.28. The van der Waals surface area contributed by atoms with Gasteiger partial charge < -0.3 is 4.90 Å². The third-order valence-corrected chi connectivity index (χ3v) is 5.47. The van der Waals surface area contributed by atoms with Gasteiger partial charge in [-0.1, -0.05) is 35.9 Å². The summed E-state index contributed by atoms with van der Waals surface area (Å²) in [4.78, 5) is 26.6. The van der Waals surface area contributed by atoms with E-state index >= 15 is 0 Å². The molecule has 1 N–H and O–H groups in total. The zero-order valence-electron chi connectivity index (χ0n) is 16.3. The average molecular weight is 394 g/mol. The number of carbonyl (C=O) groups excluding carboxylic acids is 1. The lowest BCUT2D eigenvalue weighted by Crippen LogP contribution is -2.38. The van der Waals surface area contributed by atoms with Crippen LogP contribution in [0.2, 0.25) is 0 Å². The molecule has 1 amide bonds. The number of rotatable bonds is 4. The van der Waals surface area contributed by atoms with E-state index in [0.717, 1.165) is 11.4 Å². The molecule has 2 heterocycles. The predicted octanol–water partition coefficient (Wildman–Crippen LogP) is 3.09. The predicted molar refractivity (Wildman–Crippen MR) is 107 cm³/mol. The van der Waals surface area contributed by atoms with Crippen LogP contribution >= 0.6 is 0 Å². The van der Waals surface area contributed by atoms with Gasteiger partial charge in [-0.3, -0.25) is 9.36 Å². The zero-order valence-corrected chi connectivity index (χ0v) is 16.3. The second kappa shape index (κ2) is 8.03. The van der Waals surface area contributed by atoms with Gasteiger partial charge in [0.05, 0.1) is 6.54 Å². The van der Waals surface area contributed by atoms with Crippen LogP contribution in [-0.4, -0.2) is 38.7 Å². The van der Waals surface area contributed by atoms with Gasteiger partial charge >= 0.3 is 5.69 Å². The first-order valence-corrected chi connectivity index (χ1v) is 9.77. The molecule has 0 bridgehead atoms. The molecule has 0 radical (unpaired) electrons. The average Bonchev–Trinajstić information content (AvgIpc) is 3.09. The van der Waals surface area contributed by atoms with Crippen LogP contribution in [0.25, 0.3) is 0 Å². The number of aryl methyl sites for hydroxylation is 1. The number of likely N-dealkylation sites (tertiary alicyclic amines) is 1. The van der Waals surface area contributed by atoms with Crippen molar-refractivity contribution in [2.24, 2.45) is 0 Å². The molecular formula is C22H23FN4O2. The van der Waals surface area contributed by atoms with Crippen LogP contribution in [0.15, 0.2) is 53.3 Å². The number of aromatic nitrogens is 3. The largest absolute Gasteiger partial charge is 0.343 e. The van der Waals surface area contributed by atoms with Gasteiger partial charge in [0.25, 0.3) is 5.91 Å². The topological polar surface area (TPSA) is 71.0 Å². The van der Waals surface area contributed by atoms with Crippen molar-refractivity contribution in [2.75, 3.05) is 13.1 Å². The fourth-order valence-electron chi connectivity index (χ4n) is 3.82. The number of halogens is 1. The van der Waals surface area contributed by atoms with Gasteiger partial charge in [0, 0.05) is 24.6 Å². The summed E-state index contributed by atoms with van der Waals surface area (Å²) in [7, 11) is 0. The fourth-order valence-corrected chi connectivity index (χ4v) is 3.82. The number of amides is 1. The Bertz CT molecular complexity index is 1060. The molecule has 1 aliphatic rings. The maximum atomic E-state index is 13.4.